The molecule has 27 heavy (non-hydrogen) atoms. The van der Waals surface area contributed by atoms with Crippen LogP contribution in [0.1, 0.15) is 63.0 Å². The van der Waals surface area contributed by atoms with Gasteiger partial charge >= 0.3 is 0 Å². The van der Waals surface area contributed by atoms with Gasteiger partial charge in [0.05, 0.1) is 11.6 Å². The summed E-state index contributed by atoms with van der Waals surface area (Å²) in [5.41, 5.74) is 0.873. The smallest absolute Gasteiger partial charge is 0.143 e. The molecule has 1 aromatic rings. The molecule has 0 saturated heterocycles. The molecule has 0 aliphatic heterocycles. The number of hydrogen-bond donors (Lipinski definition) is 1. The third kappa shape index (κ3) is 4.92. The van der Waals surface area contributed by atoms with Crippen LogP contribution in [0.2, 0.25) is 0 Å². The minimum Gasteiger partial charge on any atom is -0.367 e. The van der Waals surface area contributed by atoms with Gasteiger partial charge in [0.25, 0.3) is 0 Å². The average molecular weight is 413 g/mol. The standard InChI is InChI=1S/C20H31ClFN4P/c1-23-20-16(19(24-13-21)25-15-6-2-3-7-15)8-9-26(20)18-12-14(5-4-10-27)11-17(18)22/h8-9,14-15,17-18H,1-7,10-13,27H2,(H,24,25). The van der Waals surface area contributed by atoms with Crippen molar-refractivity contribution in [3.63, 3.8) is 0 Å². The predicted molar refractivity (Wildman–Crippen MR) is 117 cm³/mol. The molecule has 4 nitrogen and oxygen atoms in total. The van der Waals surface area contributed by atoms with Crippen molar-refractivity contribution in [2.45, 2.75) is 69.6 Å². The molecule has 2 aliphatic rings. The lowest BCUT2D eigenvalue weighted by Crippen LogP contribution is -2.33. The first-order valence-corrected chi connectivity index (χ1v) is 11.4. The topological polar surface area (TPSA) is 41.7 Å². The molecule has 4 atom stereocenters. The average Bonchev–Trinajstić information content (AvgIpc) is 3.38. The zero-order valence-electron chi connectivity index (χ0n) is 15.9. The van der Waals surface area contributed by atoms with E-state index in [1.54, 1.807) is 0 Å². The maximum Gasteiger partial charge on any atom is 0.143 e. The Hall–Kier alpha value is -0.930. The van der Waals surface area contributed by atoms with Crippen molar-refractivity contribution in [1.29, 1.82) is 0 Å². The zero-order valence-corrected chi connectivity index (χ0v) is 17.8. The van der Waals surface area contributed by atoms with E-state index >= 15 is 0 Å². The van der Waals surface area contributed by atoms with Crippen molar-refractivity contribution in [2.75, 3.05) is 12.2 Å². The number of hydrogen-bond acceptors (Lipinski definition) is 2. The van der Waals surface area contributed by atoms with Crippen LogP contribution in [0, 0.1) is 5.92 Å². The summed E-state index contributed by atoms with van der Waals surface area (Å²) in [5, 5.41) is 3.53. The Labute approximate surface area is 169 Å². The molecular weight excluding hydrogens is 382 g/mol. The summed E-state index contributed by atoms with van der Waals surface area (Å²) >= 11 is 5.91. The monoisotopic (exact) mass is 412 g/mol. The van der Waals surface area contributed by atoms with E-state index in [2.05, 4.69) is 31.3 Å². The van der Waals surface area contributed by atoms with E-state index in [-0.39, 0.29) is 12.0 Å². The van der Waals surface area contributed by atoms with E-state index in [9.17, 15) is 4.39 Å². The van der Waals surface area contributed by atoms with E-state index < -0.39 is 6.17 Å². The van der Waals surface area contributed by atoms with Crippen molar-refractivity contribution in [2.24, 2.45) is 15.9 Å². The van der Waals surface area contributed by atoms with E-state index in [0.29, 0.717) is 24.2 Å². The predicted octanol–water partition coefficient (Wildman–Crippen LogP) is 5.24. The number of amidine groups is 1. The van der Waals surface area contributed by atoms with Crippen molar-refractivity contribution in [3.8, 4) is 0 Å². The number of nitrogens with one attached hydrogen (secondary N) is 1. The molecule has 1 heterocycles. The Morgan fingerprint density at radius 1 is 1.37 bits per heavy atom. The molecule has 1 N–H and O–H groups in total. The second kappa shape index (κ2) is 10.0. The first-order chi connectivity index (χ1) is 13.2. The van der Waals surface area contributed by atoms with Gasteiger partial charge in [-0.25, -0.2) is 9.38 Å². The summed E-state index contributed by atoms with van der Waals surface area (Å²) in [7, 11) is 2.76. The maximum absolute atomic E-state index is 14.8. The molecule has 7 heteroatoms. The molecule has 0 spiro atoms. The maximum atomic E-state index is 14.8. The van der Waals surface area contributed by atoms with Crippen LogP contribution < -0.4 is 5.32 Å². The van der Waals surface area contributed by atoms with E-state index in [4.69, 9.17) is 11.6 Å². The fourth-order valence-electron chi connectivity index (χ4n) is 4.58. The van der Waals surface area contributed by atoms with E-state index in [1.807, 2.05) is 16.8 Å². The highest BCUT2D eigenvalue weighted by Gasteiger charge is 2.36. The van der Waals surface area contributed by atoms with Gasteiger partial charge in [0.2, 0.25) is 0 Å². The minimum absolute atomic E-state index is 0.169. The summed E-state index contributed by atoms with van der Waals surface area (Å²) in [6.45, 7) is 3.75. The van der Waals surface area contributed by atoms with E-state index in [1.165, 1.54) is 12.8 Å². The minimum atomic E-state index is -0.837. The van der Waals surface area contributed by atoms with Gasteiger partial charge in [-0.3, -0.25) is 4.99 Å². The van der Waals surface area contributed by atoms with E-state index in [0.717, 1.165) is 49.7 Å². The highest BCUT2D eigenvalue weighted by Crippen LogP contribution is 2.42. The quantitative estimate of drug-likeness (QED) is 0.205. The molecule has 4 unspecified atom stereocenters. The number of alkyl halides is 2. The SMILES string of the molecule is C=Nc1c(C(=NCCl)NC2CCCC2)ccn1C1CC(CCCP)CC1F. The Morgan fingerprint density at radius 2 is 2.15 bits per heavy atom. The lowest BCUT2D eigenvalue weighted by atomic mass is 10.0. The van der Waals surface area contributed by atoms with Gasteiger partial charge < -0.3 is 9.88 Å². The van der Waals surface area contributed by atoms with Crippen LogP contribution >= 0.6 is 20.8 Å². The number of nitrogens with zero attached hydrogens (tertiary/aromatic N) is 3. The Kier molecular flexibility index (Phi) is 7.72. The van der Waals surface area contributed by atoms with Crippen LogP contribution in [0.3, 0.4) is 0 Å². The fourth-order valence-corrected chi connectivity index (χ4v) is 4.94. The summed E-state index contributed by atoms with van der Waals surface area (Å²) < 4.78 is 16.8. The summed E-state index contributed by atoms with van der Waals surface area (Å²) in [6, 6.07) is 2.41. The third-order valence-electron chi connectivity index (χ3n) is 5.93. The number of aliphatic imine (C=N–C) groups is 2. The normalized spacial score (nSPS) is 26.6. The lowest BCUT2D eigenvalue weighted by Gasteiger charge is -2.19. The van der Waals surface area contributed by atoms with Gasteiger partial charge in [-0.2, -0.15) is 0 Å². The largest absolute Gasteiger partial charge is 0.367 e. The molecular formula is C20H31ClFN4P. The van der Waals surface area contributed by atoms with Crippen LogP contribution in [-0.4, -0.2) is 41.5 Å². The lowest BCUT2D eigenvalue weighted by molar-refractivity contribution is 0.263. The Morgan fingerprint density at radius 3 is 2.81 bits per heavy atom. The molecule has 150 valence electrons. The first-order valence-electron chi connectivity index (χ1n) is 10.1. The number of halogens is 2. The highest BCUT2D eigenvalue weighted by atomic mass is 35.5. The van der Waals surface area contributed by atoms with Gasteiger partial charge in [0.1, 0.15) is 23.8 Å². The summed E-state index contributed by atoms with van der Waals surface area (Å²) in [6.07, 6.45) is 10.7. The third-order valence-corrected chi connectivity index (χ3v) is 6.46. The fraction of sp³-hybridized carbons (Fsp3) is 0.700. The molecule has 1 aromatic heterocycles. The first kappa shape index (κ1) is 20.8. The van der Waals surface area contributed by atoms with Crippen LogP contribution in [0.5, 0.6) is 0 Å². The van der Waals surface area contributed by atoms with Crippen molar-refractivity contribution < 1.29 is 4.39 Å². The number of rotatable bonds is 8. The van der Waals surface area contributed by atoms with Crippen molar-refractivity contribution >= 4 is 39.2 Å². The van der Waals surface area contributed by atoms with Gasteiger partial charge in [-0.1, -0.05) is 12.8 Å². The molecule has 0 bridgehead atoms. The number of aromatic nitrogens is 1. The zero-order chi connectivity index (χ0) is 19.2. The Bertz CT molecular complexity index is 656. The van der Waals surface area contributed by atoms with Gasteiger partial charge in [0.15, 0.2) is 0 Å². The van der Waals surface area contributed by atoms with Crippen LogP contribution in [0.4, 0.5) is 10.2 Å². The molecule has 2 aliphatic carbocycles. The van der Waals surface area contributed by atoms with Crippen LogP contribution in [-0.2, 0) is 0 Å². The van der Waals surface area contributed by atoms with Gasteiger partial charge in [0, 0.05) is 12.2 Å². The van der Waals surface area contributed by atoms with Gasteiger partial charge in [-0.15, -0.1) is 20.8 Å². The molecule has 2 fully saturated rings. The molecule has 3 rings (SSSR count). The van der Waals surface area contributed by atoms with Crippen molar-refractivity contribution in [3.05, 3.63) is 17.8 Å². The molecule has 0 amide bonds. The van der Waals surface area contributed by atoms with Crippen LogP contribution in [0.25, 0.3) is 0 Å². The molecule has 0 radical (unpaired) electrons. The summed E-state index contributed by atoms with van der Waals surface area (Å²) in [5.74, 6) is 1.90. The molecule has 0 aromatic carbocycles. The van der Waals surface area contributed by atoms with Crippen LogP contribution in [0.15, 0.2) is 22.2 Å². The van der Waals surface area contributed by atoms with Crippen molar-refractivity contribution in [1.82, 2.24) is 9.88 Å². The second-order valence-electron chi connectivity index (χ2n) is 7.72. The summed E-state index contributed by atoms with van der Waals surface area (Å²) in [4.78, 5) is 8.71. The second-order valence-corrected chi connectivity index (χ2v) is 8.54. The highest BCUT2D eigenvalue weighted by molar-refractivity contribution is 7.16. The van der Waals surface area contributed by atoms with Gasteiger partial charge in [-0.05, 0) is 63.4 Å². The molecule has 2 saturated carbocycles. The Balaban J connectivity index is 1.81.